The Labute approximate surface area is 165 Å². The van der Waals surface area contributed by atoms with E-state index < -0.39 is 23.9 Å². The second-order valence-electron chi connectivity index (χ2n) is 4.20. The van der Waals surface area contributed by atoms with Crippen LogP contribution in [0, 0.1) is 0 Å². The molecule has 140 valence electrons. The van der Waals surface area contributed by atoms with Gasteiger partial charge in [-0.1, -0.05) is 46.4 Å². The molecule has 0 unspecified atom stereocenters. The molecular weight excluding hydrogens is 438 g/mol. The van der Waals surface area contributed by atoms with Gasteiger partial charge in [0, 0.05) is 12.2 Å². The minimum Gasteiger partial charge on any atom is -0.394 e. The fraction of sp³-hybridized carbons (Fsp3) is 0.143. The first kappa shape index (κ1) is 22.4. The molecule has 0 radical (unpaired) electrons. The summed E-state index contributed by atoms with van der Waals surface area (Å²) in [5.74, 6) is -2.91. The number of ether oxygens (including phenoxy) is 2. The lowest BCUT2D eigenvalue weighted by molar-refractivity contribution is -0.150. The van der Waals surface area contributed by atoms with Gasteiger partial charge in [0.15, 0.2) is 0 Å². The molecule has 0 saturated heterocycles. The number of fused-ring (bicyclic) bond motifs is 1. The van der Waals surface area contributed by atoms with Gasteiger partial charge < -0.3 is 19.7 Å². The molecule has 0 spiro atoms. The number of hydrogen-bond acceptors (Lipinski definition) is 8. The normalized spacial score (nSPS) is 14.1. The first-order valence-corrected chi connectivity index (χ1v) is 7.94. The Balaban J connectivity index is 0.000000255. The van der Waals surface area contributed by atoms with E-state index in [1.54, 1.807) is 0 Å². The number of esters is 4. The third-order valence-corrected chi connectivity index (χ3v) is 4.32. The highest BCUT2D eigenvalue weighted by Crippen LogP contribution is 2.43. The summed E-state index contributed by atoms with van der Waals surface area (Å²) in [5, 5.41) is 14.8. The number of hydrogen-bond donors (Lipinski definition) is 2. The molecule has 3 rings (SSSR count). The average Bonchev–Trinajstić information content (AvgIpc) is 3.12. The highest BCUT2D eigenvalue weighted by Gasteiger charge is 2.37. The average molecular weight is 446 g/mol. The molecule has 2 aliphatic heterocycles. The largest absolute Gasteiger partial charge is 0.394 e. The minimum absolute atomic E-state index is 0.0752. The highest BCUT2D eigenvalue weighted by molar-refractivity contribution is 6.54. The van der Waals surface area contributed by atoms with Crippen molar-refractivity contribution in [3.05, 3.63) is 43.4 Å². The number of aliphatic hydroxyl groups excluding tert-OH is 2. The quantitative estimate of drug-likeness (QED) is 0.291. The standard InChI is InChI=1S/C8Cl4O3.C4H2O3.C2H6O2/c9-3-1-2(8(14)15-7(1)13)4(10)6(12)5(3)11;5-3-1-2-4(6)7-3;3-1-2-4/h;1-2H;3-4H,1-2H2. The molecule has 0 atom stereocenters. The SMILES string of the molecule is O=C1C=CC(=O)O1.O=C1OC(=O)c2c(Cl)c(Cl)c(Cl)c(Cl)c21.OCCO. The summed E-state index contributed by atoms with van der Waals surface area (Å²) in [6, 6.07) is 0. The van der Waals surface area contributed by atoms with Gasteiger partial charge in [-0.25, -0.2) is 19.2 Å². The van der Waals surface area contributed by atoms with E-state index >= 15 is 0 Å². The van der Waals surface area contributed by atoms with Gasteiger partial charge in [-0.3, -0.25) is 0 Å². The van der Waals surface area contributed by atoms with Gasteiger partial charge in [0.05, 0.1) is 44.4 Å². The zero-order valence-electron chi connectivity index (χ0n) is 12.4. The van der Waals surface area contributed by atoms with Gasteiger partial charge in [-0.2, -0.15) is 0 Å². The highest BCUT2D eigenvalue weighted by atomic mass is 35.5. The van der Waals surface area contributed by atoms with Crippen molar-refractivity contribution in [2.24, 2.45) is 0 Å². The van der Waals surface area contributed by atoms with Crippen LogP contribution in [0.3, 0.4) is 0 Å². The molecule has 8 nitrogen and oxygen atoms in total. The first-order valence-electron chi connectivity index (χ1n) is 6.43. The van der Waals surface area contributed by atoms with Crippen LogP contribution in [0.4, 0.5) is 0 Å². The monoisotopic (exact) mass is 444 g/mol. The molecule has 0 aromatic heterocycles. The topological polar surface area (TPSA) is 127 Å². The maximum absolute atomic E-state index is 11.2. The van der Waals surface area contributed by atoms with E-state index in [-0.39, 0.29) is 44.4 Å². The number of halogens is 4. The van der Waals surface area contributed by atoms with Crippen LogP contribution in [0.2, 0.25) is 20.1 Å². The van der Waals surface area contributed by atoms with Crippen LogP contribution in [-0.4, -0.2) is 47.3 Å². The van der Waals surface area contributed by atoms with Crippen molar-refractivity contribution in [2.75, 3.05) is 13.2 Å². The summed E-state index contributed by atoms with van der Waals surface area (Å²) in [5.41, 5.74) is -0.276. The summed E-state index contributed by atoms with van der Waals surface area (Å²) in [6.45, 7) is -0.250. The zero-order chi connectivity index (χ0) is 20.0. The molecule has 1 aromatic rings. The van der Waals surface area contributed by atoms with Crippen LogP contribution in [0.1, 0.15) is 20.7 Å². The Morgan fingerprint density at radius 1 is 0.654 bits per heavy atom. The summed E-state index contributed by atoms with van der Waals surface area (Å²) in [6.07, 6.45) is 2.17. The minimum atomic E-state index is -0.875. The van der Waals surface area contributed by atoms with Gasteiger partial charge in [0.25, 0.3) is 0 Å². The van der Waals surface area contributed by atoms with Crippen molar-refractivity contribution in [1.29, 1.82) is 0 Å². The molecule has 12 heteroatoms. The van der Waals surface area contributed by atoms with Crippen LogP contribution in [-0.2, 0) is 19.1 Å². The number of carbonyl (C=O) groups is 4. The summed E-state index contributed by atoms with van der Waals surface area (Å²) in [4.78, 5) is 42.3. The molecule has 26 heavy (non-hydrogen) atoms. The lowest BCUT2D eigenvalue weighted by Gasteiger charge is -2.04. The van der Waals surface area contributed by atoms with Gasteiger partial charge in [-0.05, 0) is 0 Å². The summed E-state index contributed by atoms with van der Waals surface area (Å²) in [7, 11) is 0. The Morgan fingerprint density at radius 2 is 1.00 bits per heavy atom. The molecule has 0 amide bonds. The van der Waals surface area contributed by atoms with Crippen molar-refractivity contribution in [1.82, 2.24) is 0 Å². The van der Waals surface area contributed by atoms with Crippen LogP contribution in [0.15, 0.2) is 12.2 Å². The lowest BCUT2D eigenvalue weighted by Crippen LogP contribution is -1.97. The second kappa shape index (κ2) is 9.86. The van der Waals surface area contributed by atoms with Crippen molar-refractivity contribution >= 4 is 70.3 Å². The fourth-order valence-electron chi connectivity index (χ4n) is 1.50. The summed E-state index contributed by atoms with van der Waals surface area (Å²) >= 11 is 22.9. The van der Waals surface area contributed by atoms with E-state index in [2.05, 4.69) is 9.47 Å². The lowest BCUT2D eigenvalue weighted by atomic mass is 10.1. The third kappa shape index (κ3) is 5.16. The number of aliphatic hydroxyl groups is 2. The first-order chi connectivity index (χ1) is 12.1. The van der Waals surface area contributed by atoms with Crippen LogP contribution in [0.25, 0.3) is 0 Å². The number of benzene rings is 1. The third-order valence-electron chi connectivity index (χ3n) is 2.52. The van der Waals surface area contributed by atoms with Crippen LogP contribution >= 0.6 is 46.4 Å². The van der Waals surface area contributed by atoms with Gasteiger partial charge >= 0.3 is 23.9 Å². The Kier molecular flexibility index (Phi) is 8.48. The number of carbonyl (C=O) groups excluding carboxylic acids is 4. The zero-order valence-corrected chi connectivity index (χ0v) is 15.4. The van der Waals surface area contributed by atoms with E-state index in [0.717, 1.165) is 12.2 Å². The van der Waals surface area contributed by atoms with Gasteiger partial charge in [0.1, 0.15) is 0 Å². The smallest absolute Gasteiger partial charge is 0.348 e. The predicted molar refractivity (Wildman–Crippen MR) is 90.6 cm³/mol. The van der Waals surface area contributed by atoms with Crippen molar-refractivity contribution in [2.45, 2.75) is 0 Å². The van der Waals surface area contributed by atoms with E-state index in [1.807, 2.05) is 0 Å². The van der Waals surface area contributed by atoms with E-state index in [9.17, 15) is 19.2 Å². The fourth-order valence-corrected chi connectivity index (χ4v) is 2.51. The molecule has 2 aliphatic rings. The van der Waals surface area contributed by atoms with Crippen molar-refractivity contribution in [3.8, 4) is 0 Å². The van der Waals surface area contributed by atoms with Gasteiger partial charge in [0.2, 0.25) is 0 Å². The molecule has 0 aliphatic carbocycles. The molecule has 0 fully saturated rings. The van der Waals surface area contributed by atoms with Gasteiger partial charge in [-0.15, -0.1) is 0 Å². The maximum Gasteiger partial charge on any atom is 0.348 e. The molecular formula is C14H8Cl4O8. The predicted octanol–water partition coefficient (Wildman–Crippen LogP) is 2.21. The van der Waals surface area contributed by atoms with E-state index in [1.165, 1.54) is 0 Å². The van der Waals surface area contributed by atoms with Crippen LogP contribution < -0.4 is 0 Å². The number of cyclic esters (lactones) is 4. The van der Waals surface area contributed by atoms with Crippen molar-refractivity contribution < 1.29 is 38.9 Å². The molecule has 0 saturated carbocycles. The Morgan fingerprint density at radius 3 is 1.23 bits per heavy atom. The molecule has 0 bridgehead atoms. The van der Waals surface area contributed by atoms with E-state index in [4.69, 9.17) is 56.6 Å². The molecule has 2 N–H and O–H groups in total. The number of rotatable bonds is 1. The summed E-state index contributed by atoms with van der Waals surface area (Å²) < 4.78 is 8.31. The Hall–Kier alpha value is -1.68. The van der Waals surface area contributed by atoms with Crippen LogP contribution in [0.5, 0.6) is 0 Å². The van der Waals surface area contributed by atoms with Crippen molar-refractivity contribution in [3.63, 3.8) is 0 Å². The van der Waals surface area contributed by atoms with E-state index in [0.29, 0.717) is 0 Å². The second-order valence-corrected chi connectivity index (χ2v) is 5.72. The maximum atomic E-state index is 11.2. The molecule has 1 aromatic carbocycles. The molecule has 2 heterocycles. The Bertz CT molecular complexity index is 740.